The van der Waals surface area contributed by atoms with Crippen LogP contribution >= 0.6 is 0 Å². The first-order valence-electron chi connectivity index (χ1n) is 20.2. The van der Waals surface area contributed by atoms with Crippen LogP contribution in [0.3, 0.4) is 0 Å². The number of aryl methyl sites for hydroxylation is 1. The average molecular weight is 721 g/mol. The fraction of sp³-hybridized carbons (Fsp3) is 0.148. The molecule has 0 bridgehead atoms. The smallest absolute Gasteiger partial charge is 0.0541 e. The quantitative estimate of drug-likeness (QED) is 0.172. The molecular weight excluding hydrogens is 677 g/mol. The van der Waals surface area contributed by atoms with Crippen molar-refractivity contribution in [2.45, 2.75) is 51.4 Å². The second-order valence-corrected chi connectivity index (χ2v) is 16.5. The zero-order valence-electron chi connectivity index (χ0n) is 32.3. The van der Waals surface area contributed by atoms with Crippen molar-refractivity contribution in [2.75, 3.05) is 4.90 Å². The second kappa shape index (κ2) is 12.6. The van der Waals surface area contributed by atoms with Crippen molar-refractivity contribution < 1.29 is 0 Å². The van der Waals surface area contributed by atoms with Crippen LogP contribution in [0.15, 0.2) is 170 Å². The van der Waals surface area contributed by atoms with Crippen molar-refractivity contribution in [1.29, 1.82) is 0 Å². The largest absolute Gasteiger partial charge is 0.310 e. The summed E-state index contributed by atoms with van der Waals surface area (Å²) in [6.45, 7) is 7.00. The summed E-state index contributed by atoms with van der Waals surface area (Å²) in [4.78, 5) is 2.46. The fourth-order valence-electron chi connectivity index (χ4n) is 9.77. The first-order chi connectivity index (χ1) is 27.4. The van der Waals surface area contributed by atoms with Gasteiger partial charge < -0.3 is 9.47 Å². The van der Waals surface area contributed by atoms with Gasteiger partial charge in [-0.05, 0) is 142 Å². The van der Waals surface area contributed by atoms with Gasteiger partial charge in [0.05, 0.1) is 22.4 Å². The molecule has 56 heavy (non-hydrogen) atoms. The predicted octanol–water partition coefficient (Wildman–Crippen LogP) is 15.0. The molecule has 0 spiro atoms. The molecule has 270 valence electrons. The average Bonchev–Trinajstić information content (AvgIpc) is 3.54. The second-order valence-electron chi connectivity index (χ2n) is 16.5. The Morgan fingerprint density at radius 2 is 1.20 bits per heavy atom. The minimum Gasteiger partial charge on any atom is -0.310 e. The summed E-state index contributed by atoms with van der Waals surface area (Å²) in [5, 5.41) is 5.06. The first-order valence-corrected chi connectivity index (χ1v) is 20.2. The van der Waals surface area contributed by atoms with E-state index in [1.165, 1.54) is 119 Å². The van der Waals surface area contributed by atoms with Crippen molar-refractivity contribution in [3.8, 4) is 27.9 Å². The highest BCUT2D eigenvalue weighted by Gasteiger charge is 2.37. The zero-order chi connectivity index (χ0) is 37.5. The number of hydrogen-bond acceptors (Lipinski definition) is 1. The predicted molar refractivity (Wildman–Crippen MR) is 237 cm³/mol. The summed E-state index contributed by atoms with van der Waals surface area (Å²) in [6.07, 6.45) is 3.89. The lowest BCUT2D eigenvalue weighted by atomic mass is 9.73. The Balaban J connectivity index is 1.06. The third kappa shape index (κ3) is 5.02. The highest BCUT2D eigenvalue weighted by molar-refractivity contribution is 6.10. The van der Waals surface area contributed by atoms with Gasteiger partial charge >= 0.3 is 0 Å². The van der Waals surface area contributed by atoms with Gasteiger partial charge in [0.2, 0.25) is 0 Å². The number of benzene rings is 8. The molecule has 0 radical (unpaired) electrons. The van der Waals surface area contributed by atoms with Gasteiger partial charge in [-0.15, -0.1) is 0 Å². The lowest BCUT2D eigenvalue weighted by molar-refractivity contribution is 0.420. The van der Waals surface area contributed by atoms with Crippen LogP contribution in [-0.2, 0) is 5.41 Å². The topological polar surface area (TPSA) is 8.17 Å². The molecule has 2 nitrogen and oxygen atoms in total. The van der Waals surface area contributed by atoms with Crippen molar-refractivity contribution in [3.05, 3.63) is 192 Å². The molecule has 0 unspecified atom stereocenters. The van der Waals surface area contributed by atoms with Crippen molar-refractivity contribution >= 4 is 49.6 Å². The van der Waals surface area contributed by atoms with Crippen molar-refractivity contribution in [2.24, 2.45) is 0 Å². The molecule has 1 saturated carbocycles. The van der Waals surface area contributed by atoms with Gasteiger partial charge in [0.25, 0.3) is 0 Å². The van der Waals surface area contributed by atoms with Gasteiger partial charge in [0, 0.05) is 27.6 Å². The van der Waals surface area contributed by atoms with Crippen LogP contribution in [0.25, 0.3) is 60.5 Å². The molecule has 0 N–H and O–H groups in total. The Morgan fingerprint density at radius 1 is 0.500 bits per heavy atom. The maximum atomic E-state index is 2.48. The molecule has 1 aliphatic heterocycles. The highest BCUT2D eigenvalue weighted by atomic mass is 15.2. The molecule has 1 aromatic heterocycles. The van der Waals surface area contributed by atoms with E-state index < -0.39 is 0 Å². The molecule has 1 fully saturated rings. The van der Waals surface area contributed by atoms with E-state index in [0.717, 1.165) is 0 Å². The minimum atomic E-state index is -0.185. The van der Waals surface area contributed by atoms with E-state index in [4.69, 9.17) is 0 Å². The van der Waals surface area contributed by atoms with E-state index in [1.807, 2.05) is 0 Å². The van der Waals surface area contributed by atoms with Gasteiger partial charge in [-0.2, -0.15) is 0 Å². The van der Waals surface area contributed by atoms with Crippen LogP contribution in [0.4, 0.5) is 17.1 Å². The molecule has 11 rings (SSSR count). The van der Waals surface area contributed by atoms with E-state index in [9.17, 15) is 0 Å². The van der Waals surface area contributed by atoms with Gasteiger partial charge in [-0.25, -0.2) is 0 Å². The number of anilines is 3. The van der Waals surface area contributed by atoms with Crippen molar-refractivity contribution in [3.63, 3.8) is 0 Å². The summed E-state index contributed by atoms with van der Waals surface area (Å²) >= 11 is 0. The molecule has 0 atom stereocenters. The monoisotopic (exact) mass is 720 g/mol. The third-order valence-corrected chi connectivity index (χ3v) is 13.0. The number of fused-ring (bicyclic) bond motifs is 6. The maximum Gasteiger partial charge on any atom is 0.0541 e. The molecule has 0 amide bonds. The SMILES string of the molecule is Cc1ccccc1-c1cc(-n2c3ccccc3c3cc(-c4ccc5c(c4)C(C)(C)c4ccccc4N5c4ccc5ccccc5c4)ccc32)ccc1C1CCC1. The summed E-state index contributed by atoms with van der Waals surface area (Å²) < 4.78 is 2.48. The highest BCUT2D eigenvalue weighted by Crippen LogP contribution is 2.53. The molecule has 8 aromatic carbocycles. The van der Waals surface area contributed by atoms with E-state index in [1.54, 1.807) is 0 Å². The molecule has 9 aromatic rings. The Kier molecular flexibility index (Phi) is 7.41. The summed E-state index contributed by atoms with van der Waals surface area (Å²) in [5.74, 6) is 0.647. The number of nitrogens with zero attached hydrogens (tertiary/aromatic N) is 2. The lowest BCUT2D eigenvalue weighted by Crippen LogP contribution is -2.30. The molecular formula is C54H44N2. The Bertz CT molecular complexity index is 3010. The standard InChI is InChI=1S/C54H44N2/c1-35-13-4-7-18-43(35)46-34-42(27-28-44(46)37-16-12-17-37)55-50-21-10-8-19-45(50)47-32-39(24-29-51(47)55)40-25-30-53-49(33-40)54(2,3)48-20-9-11-22-52(48)56(53)41-26-23-36-14-5-6-15-38(36)31-41/h4-11,13-15,18-34,37H,12,16-17H2,1-3H3. The van der Waals surface area contributed by atoms with E-state index in [-0.39, 0.29) is 5.41 Å². The maximum absolute atomic E-state index is 2.48. The molecule has 0 saturated heterocycles. The van der Waals surface area contributed by atoms with Crippen molar-refractivity contribution in [1.82, 2.24) is 4.57 Å². The summed E-state index contributed by atoms with van der Waals surface area (Å²) in [7, 11) is 0. The first kappa shape index (κ1) is 33.0. The van der Waals surface area contributed by atoms with Crippen LogP contribution in [0, 0.1) is 6.92 Å². The molecule has 1 aliphatic carbocycles. The Morgan fingerprint density at radius 3 is 2.05 bits per heavy atom. The van der Waals surface area contributed by atoms with Gasteiger partial charge in [0.15, 0.2) is 0 Å². The number of aromatic nitrogens is 1. The van der Waals surface area contributed by atoms with Crippen LogP contribution in [0.2, 0.25) is 0 Å². The third-order valence-electron chi connectivity index (χ3n) is 13.0. The van der Waals surface area contributed by atoms with E-state index in [2.05, 4.69) is 200 Å². The zero-order valence-corrected chi connectivity index (χ0v) is 32.3. The molecule has 2 heterocycles. The number of hydrogen-bond donors (Lipinski definition) is 0. The minimum absolute atomic E-state index is 0.185. The Hall–Kier alpha value is -6.38. The number of para-hydroxylation sites is 2. The van der Waals surface area contributed by atoms with Gasteiger partial charge in [-0.1, -0.05) is 129 Å². The number of rotatable bonds is 5. The van der Waals surface area contributed by atoms with E-state index in [0.29, 0.717) is 5.92 Å². The lowest BCUT2D eigenvalue weighted by Gasteiger charge is -2.42. The fourth-order valence-corrected chi connectivity index (χ4v) is 9.77. The van der Waals surface area contributed by atoms with Crippen LogP contribution in [0.1, 0.15) is 61.3 Å². The summed E-state index contributed by atoms with van der Waals surface area (Å²) in [6, 6.07) is 63.7. The Labute approximate surface area is 329 Å². The van der Waals surface area contributed by atoms with E-state index >= 15 is 0 Å². The van der Waals surface area contributed by atoms with Crippen LogP contribution in [0.5, 0.6) is 0 Å². The molecule has 2 heteroatoms. The van der Waals surface area contributed by atoms with Crippen LogP contribution < -0.4 is 4.90 Å². The summed E-state index contributed by atoms with van der Waals surface area (Å²) in [5.41, 5.74) is 17.8. The van der Waals surface area contributed by atoms with Gasteiger partial charge in [-0.3, -0.25) is 0 Å². The molecule has 2 aliphatic rings. The van der Waals surface area contributed by atoms with Crippen LogP contribution in [-0.4, -0.2) is 4.57 Å². The van der Waals surface area contributed by atoms with Gasteiger partial charge in [0.1, 0.15) is 0 Å². The normalized spacial score (nSPS) is 14.9.